The van der Waals surface area contributed by atoms with E-state index in [0.29, 0.717) is 5.82 Å². The number of likely N-dealkylation sites (tertiary alicyclic amines) is 2. The second-order valence-corrected chi connectivity index (χ2v) is 9.70. The third-order valence-corrected chi connectivity index (χ3v) is 7.44. The summed E-state index contributed by atoms with van der Waals surface area (Å²) in [6.07, 6.45) is 1.18. The van der Waals surface area contributed by atoms with Crippen LogP contribution in [-0.2, 0) is 6.54 Å². The van der Waals surface area contributed by atoms with Crippen LogP contribution in [0.4, 0.5) is 0 Å². The van der Waals surface area contributed by atoms with Crippen molar-refractivity contribution < 1.29 is 4.52 Å². The molecule has 1 aromatic carbocycles. The van der Waals surface area contributed by atoms with Gasteiger partial charge in [0.25, 0.3) is 0 Å². The van der Waals surface area contributed by atoms with E-state index in [0.717, 1.165) is 49.9 Å². The minimum absolute atomic E-state index is 0.184. The fraction of sp³-hybridized carbons (Fsp3) is 0.500. The Morgan fingerprint density at radius 1 is 1.28 bits per heavy atom. The number of aryl methyl sites for hydroxylation is 2. The smallest absolute Gasteiger partial charge is 0.232 e. The topological polar surface area (TPSA) is 58.3 Å². The molecule has 2 aliphatic heterocycles. The molecule has 5 rings (SSSR count). The highest BCUT2D eigenvalue weighted by Crippen LogP contribution is 2.49. The van der Waals surface area contributed by atoms with E-state index in [1.54, 1.807) is 11.3 Å². The molecule has 0 bridgehead atoms. The normalized spacial score (nSPS) is 25.4. The molecule has 2 aromatic heterocycles. The number of aromatic nitrogens is 3. The molecule has 2 aliphatic rings. The highest BCUT2D eigenvalue weighted by Gasteiger charge is 2.52. The van der Waals surface area contributed by atoms with Gasteiger partial charge in [-0.2, -0.15) is 4.98 Å². The van der Waals surface area contributed by atoms with E-state index in [9.17, 15) is 0 Å². The van der Waals surface area contributed by atoms with E-state index in [1.165, 1.54) is 16.9 Å². The van der Waals surface area contributed by atoms with Crippen molar-refractivity contribution in [2.75, 3.05) is 33.2 Å². The van der Waals surface area contributed by atoms with Crippen LogP contribution in [0.25, 0.3) is 11.4 Å². The van der Waals surface area contributed by atoms with Gasteiger partial charge in [0.15, 0.2) is 0 Å². The molecule has 2 saturated heterocycles. The maximum atomic E-state index is 5.86. The molecule has 0 saturated carbocycles. The molecule has 0 radical (unpaired) electrons. The number of nitrogens with zero attached hydrogens (tertiary/aromatic N) is 5. The van der Waals surface area contributed by atoms with Crippen LogP contribution in [0.3, 0.4) is 0 Å². The number of thiazole rings is 1. The van der Waals surface area contributed by atoms with Crippen molar-refractivity contribution in [1.29, 1.82) is 0 Å². The van der Waals surface area contributed by atoms with Crippen molar-refractivity contribution in [2.24, 2.45) is 5.41 Å². The fourth-order valence-corrected chi connectivity index (χ4v) is 5.83. The molecular formula is C22H27N5OS. The summed E-state index contributed by atoms with van der Waals surface area (Å²) < 4.78 is 5.86. The summed E-state index contributed by atoms with van der Waals surface area (Å²) in [5.41, 5.74) is 5.51. The standard InChI is InChI=1S/C22H27N5OS/c1-15-5-4-6-17(9-15)20-24-21(28-25-20)18-10-27(11-19-16(2)23-14-29-19)13-22(18)7-8-26(3)12-22/h4-6,9,14,18H,7-8,10-13H2,1-3H3/t18-,22-/m0/s1. The van der Waals surface area contributed by atoms with Gasteiger partial charge in [0.05, 0.1) is 17.1 Å². The van der Waals surface area contributed by atoms with E-state index >= 15 is 0 Å². The van der Waals surface area contributed by atoms with E-state index in [2.05, 4.69) is 53.0 Å². The molecular weight excluding hydrogens is 382 g/mol. The van der Waals surface area contributed by atoms with Crippen LogP contribution in [0.5, 0.6) is 0 Å². The lowest BCUT2D eigenvalue weighted by molar-refractivity contribution is 0.223. The van der Waals surface area contributed by atoms with Crippen molar-refractivity contribution in [3.63, 3.8) is 0 Å². The molecule has 2 atom stereocenters. The lowest BCUT2D eigenvalue weighted by Gasteiger charge is -2.27. The van der Waals surface area contributed by atoms with E-state index < -0.39 is 0 Å². The van der Waals surface area contributed by atoms with Crippen LogP contribution in [0.1, 0.15) is 34.4 Å². The third kappa shape index (κ3) is 3.52. The fourth-order valence-electron chi connectivity index (χ4n) is 5.01. The summed E-state index contributed by atoms with van der Waals surface area (Å²) >= 11 is 1.75. The largest absolute Gasteiger partial charge is 0.339 e. The van der Waals surface area contributed by atoms with Crippen LogP contribution in [0.2, 0.25) is 0 Å². The average molecular weight is 410 g/mol. The van der Waals surface area contributed by atoms with Crippen LogP contribution in [-0.4, -0.2) is 58.2 Å². The monoisotopic (exact) mass is 409 g/mol. The van der Waals surface area contributed by atoms with Gasteiger partial charge in [-0.25, -0.2) is 4.98 Å². The lowest BCUT2D eigenvalue weighted by atomic mass is 9.77. The molecule has 0 N–H and O–H groups in total. The SMILES string of the molecule is Cc1cccc(-c2noc([C@@H]3CN(Cc4scnc4C)C[C@@]34CCN(C)C4)n2)c1. The molecule has 29 heavy (non-hydrogen) atoms. The molecule has 0 aliphatic carbocycles. The average Bonchev–Trinajstić information content (AvgIpc) is 3.46. The van der Waals surface area contributed by atoms with Crippen molar-refractivity contribution in [3.8, 4) is 11.4 Å². The zero-order chi connectivity index (χ0) is 20.0. The Morgan fingerprint density at radius 2 is 2.17 bits per heavy atom. The Kier molecular flexibility index (Phi) is 4.76. The predicted molar refractivity (Wildman–Crippen MR) is 114 cm³/mol. The molecule has 1 spiro atoms. The van der Waals surface area contributed by atoms with Gasteiger partial charge in [-0.3, -0.25) is 4.90 Å². The van der Waals surface area contributed by atoms with Crippen molar-refractivity contribution in [1.82, 2.24) is 24.9 Å². The van der Waals surface area contributed by atoms with Gasteiger partial charge in [0.1, 0.15) is 0 Å². The summed E-state index contributed by atoms with van der Waals surface area (Å²) in [7, 11) is 2.22. The first-order chi connectivity index (χ1) is 14.0. The quantitative estimate of drug-likeness (QED) is 0.654. The lowest BCUT2D eigenvalue weighted by Crippen LogP contribution is -2.32. The maximum absolute atomic E-state index is 5.86. The molecule has 0 unspecified atom stereocenters. The molecule has 7 heteroatoms. The minimum Gasteiger partial charge on any atom is -0.339 e. The van der Waals surface area contributed by atoms with Crippen LogP contribution in [0.15, 0.2) is 34.3 Å². The minimum atomic E-state index is 0.184. The number of benzene rings is 1. The van der Waals surface area contributed by atoms with Crippen LogP contribution in [0, 0.1) is 19.3 Å². The van der Waals surface area contributed by atoms with Gasteiger partial charge in [-0.05, 0) is 39.9 Å². The summed E-state index contributed by atoms with van der Waals surface area (Å²) in [6, 6.07) is 8.29. The Bertz CT molecular complexity index is 1010. The Morgan fingerprint density at radius 3 is 2.90 bits per heavy atom. The van der Waals surface area contributed by atoms with Crippen molar-refractivity contribution in [3.05, 3.63) is 51.8 Å². The van der Waals surface area contributed by atoms with E-state index in [1.807, 2.05) is 17.6 Å². The molecule has 3 aromatic rings. The number of hydrogen-bond donors (Lipinski definition) is 0. The van der Waals surface area contributed by atoms with Crippen molar-refractivity contribution >= 4 is 11.3 Å². The summed E-state index contributed by atoms with van der Waals surface area (Å²) in [4.78, 5) is 15.6. The second kappa shape index (κ2) is 7.31. The highest BCUT2D eigenvalue weighted by molar-refractivity contribution is 7.09. The van der Waals surface area contributed by atoms with Crippen LogP contribution >= 0.6 is 11.3 Å². The van der Waals surface area contributed by atoms with Gasteiger partial charge in [-0.1, -0.05) is 28.9 Å². The van der Waals surface area contributed by atoms with Crippen molar-refractivity contribution in [2.45, 2.75) is 32.7 Å². The number of rotatable bonds is 4. The van der Waals surface area contributed by atoms with Gasteiger partial charge in [0.2, 0.25) is 11.7 Å². The Hall–Kier alpha value is -2.09. The Labute approximate surface area is 175 Å². The predicted octanol–water partition coefficient (Wildman–Crippen LogP) is 3.73. The number of hydrogen-bond acceptors (Lipinski definition) is 7. The molecule has 152 valence electrons. The first kappa shape index (κ1) is 18.9. The Balaban J connectivity index is 1.43. The van der Waals surface area contributed by atoms with E-state index in [-0.39, 0.29) is 11.3 Å². The van der Waals surface area contributed by atoms with Gasteiger partial charge in [-0.15, -0.1) is 11.3 Å². The zero-order valence-corrected chi connectivity index (χ0v) is 18.1. The molecule has 2 fully saturated rings. The van der Waals surface area contributed by atoms with Gasteiger partial charge in [0, 0.05) is 42.0 Å². The van der Waals surface area contributed by atoms with E-state index in [4.69, 9.17) is 9.51 Å². The van der Waals surface area contributed by atoms with Crippen LogP contribution < -0.4 is 0 Å². The summed E-state index contributed by atoms with van der Waals surface area (Å²) in [5.74, 6) is 1.76. The zero-order valence-electron chi connectivity index (χ0n) is 17.3. The van der Waals surface area contributed by atoms with Gasteiger partial charge >= 0.3 is 0 Å². The highest BCUT2D eigenvalue weighted by atomic mass is 32.1. The first-order valence-electron chi connectivity index (χ1n) is 10.2. The second-order valence-electron chi connectivity index (χ2n) is 8.76. The first-order valence-corrected chi connectivity index (χ1v) is 11.1. The summed E-state index contributed by atoms with van der Waals surface area (Å²) in [5, 5.41) is 4.33. The molecule has 6 nitrogen and oxygen atoms in total. The summed E-state index contributed by atoms with van der Waals surface area (Å²) in [6.45, 7) is 9.38. The third-order valence-electron chi connectivity index (χ3n) is 6.52. The maximum Gasteiger partial charge on any atom is 0.232 e. The molecule has 4 heterocycles. The van der Waals surface area contributed by atoms with Gasteiger partial charge < -0.3 is 9.42 Å². The molecule has 0 amide bonds.